The Hall–Kier alpha value is -2.20. The normalized spacial score (nSPS) is 10.2. The first-order valence-electron chi connectivity index (χ1n) is 6.79. The molecule has 2 aromatic carbocycles. The van der Waals surface area contributed by atoms with Crippen molar-refractivity contribution in [3.8, 4) is 11.5 Å². The van der Waals surface area contributed by atoms with Gasteiger partial charge in [0.1, 0.15) is 0 Å². The number of hydrogen-bond donors (Lipinski definition) is 1. The van der Waals surface area contributed by atoms with Crippen molar-refractivity contribution in [2.75, 3.05) is 26.6 Å². The number of methoxy groups -OCH3 is 3. The number of ether oxygens (including phenoxy) is 3. The van der Waals surface area contributed by atoms with E-state index in [1.54, 1.807) is 21.3 Å². The fraction of sp³-hybridized carbons (Fsp3) is 0.294. The predicted octanol–water partition coefficient (Wildman–Crippen LogP) is 3.46. The second-order valence-electron chi connectivity index (χ2n) is 4.68. The zero-order valence-electron chi connectivity index (χ0n) is 12.7. The first-order chi connectivity index (χ1) is 10.3. The molecule has 0 aliphatic heterocycles. The molecule has 0 bridgehead atoms. The highest BCUT2D eigenvalue weighted by Gasteiger charge is 2.04. The van der Waals surface area contributed by atoms with Gasteiger partial charge in [0.15, 0.2) is 11.5 Å². The number of benzene rings is 2. The Morgan fingerprint density at radius 1 is 0.857 bits per heavy atom. The van der Waals surface area contributed by atoms with Crippen molar-refractivity contribution in [1.82, 2.24) is 0 Å². The van der Waals surface area contributed by atoms with E-state index in [2.05, 4.69) is 23.5 Å². The first kappa shape index (κ1) is 15.2. The van der Waals surface area contributed by atoms with Crippen LogP contribution in [-0.2, 0) is 17.9 Å². The predicted molar refractivity (Wildman–Crippen MR) is 84.0 cm³/mol. The summed E-state index contributed by atoms with van der Waals surface area (Å²) in [5.74, 6) is 1.45. The van der Waals surface area contributed by atoms with Crippen LogP contribution in [0.15, 0.2) is 42.5 Å². The monoisotopic (exact) mass is 287 g/mol. The summed E-state index contributed by atoms with van der Waals surface area (Å²) in [6, 6.07) is 14.1. The molecule has 0 aliphatic carbocycles. The molecule has 2 rings (SSSR count). The Kier molecular flexibility index (Phi) is 5.46. The van der Waals surface area contributed by atoms with E-state index in [1.165, 1.54) is 11.1 Å². The molecule has 0 atom stereocenters. The zero-order valence-corrected chi connectivity index (χ0v) is 12.7. The lowest BCUT2D eigenvalue weighted by molar-refractivity contribution is 0.185. The molecule has 2 aromatic rings. The van der Waals surface area contributed by atoms with E-state index in [4.69, 9.17) is 14.2 Å². The average molecular weight is 287 g/mol. The molecular formula is C17H21NO3. The van der Waals surface area contributed by atoms with Gasteiger partial charge in [-0.3, -0.25) is 0 Å². The van der Waals surface area contributed by atoms with Crippen molar-refractivity contribution >= 4 is 5.69 Å². The van der Waals surface area contributed by atoms with E-state index < -0.39 is 0 Å². The Labute approximate surface area is 125 Å². The molecule has 4 nitrogen and oxygen atoms in total. The Balaban J connectivity index is 2.04. The first-order valence-corrected chi connectivity index (χ1v) is 6.79. The largest absolute Gasteiger partial charge is 0.493 e. The summed E-state index contributed by atoms with van der Waals surface area (Å²) in [5, 5.41) is 3.38. The molecule has 0 radical (unpaired) electrons. The lowest BCUT2D eigenvalue weighted by Gasteiger charge is -2.12. The molecule has 0 saturated carbocycles. The minimum absolute atomic E-state index is 0.629. The van der Waals surface area contributed by atoms with Crippen LogP contribution in [0, 0.1) is 0 Å². The molecule has 112 valence electrons. The number of rotatable bonds is 7. The van der Waals surface area contributed by atoms with Gasteiger partial charge in [-0.05, 0) is 23.3 Å². The quantitative estimate of drug-likeness (QED) is 0.846. The van der Waals surface area contributed by atoms with Gasteiger partial charge < -0.3 is 19.5 Å². The van der Waals surface area contributed by atoms with Crippen LogP contribution in [0.2, 0.25) is 0 Å². The van der Waals surface area contributed by atoms with Crippen molar-refractivity contribution < 1.29 is 14.2 Å². The summed E-state index contributed by atoms with van der Waals surface area (Å²) in [6.07, 6.45) is 0. The van der Waals surface area contributed by atoms with Crippen molar-refractivity contribution in [3.63, 3.8) is 0 Å². The van der Waals surface area contributed by atoms with Crippen LogP contribution in [0.5, 0.6) is 11.5 Å². The van der Waals surface area contributed by atoms with Gasteiger partial charge in [-0.15, -0.1) is 0 Å². The third-order valence-electron chi connectivity index (χ3n) is 3.18. The van der Waals surface area contributed by atoms with Crippen molar-refractivity contribution in [3.05, 3.63) is 53.6 Å². The van der Waals surface area contributed by atoms with E-state index in [-0.39, 0.29) is 0 Å². The van der Waals surface area contributed by atoms with Crippen LogP contribution in [0.3, 0.4) is 0 Å². The van der Waals surface area contributed by atoms with Crippen LogP contribution in [0.1, 0.15) is 11.1 Å². The Morgan fingerprint density at radius 2 is 1.62 bits per heavy atom. The van der Waals surface area contributed by atoms with Crippen LogP contribution in [-0.4, -0.2) is 21.3 Å². The molecule has 0 aromatic heterocycles. The second-order valence-corrected chi connectivity index (χ2v) is 4.68. The molecule has 0 spiro atoms. The van der Waals surface area contributed by atoms with Gasteiger partial charge in [0.2, 0.25) is 0 Å². The molecule has 0 aliphatic rings. The molecule has 0 amide bonds. The molecule has 4 heteroatoms. The molecular weight excluding hydrogens is 266 g/mol. The van der Waals surface area contributed by atoms with E-state index in [0.717, 1.165) is 23.7 Å². The van der Waals surface area contributed by atoms with Gasteiger partial charge in [-0.25, -0.2) is 0 Å². The summed E-state index contributed by atoms with van der Waals surface area (Å²) >= 11 is 0. The van der Waals surface area contributed by atoms with Gasteiger partial charge in [0.05, 0.1) is 20.8 Å². The third-order valence-corrected chi connectivity index (χ3v) is 3.18. The molecule has 0 heterocycles. The lowest BCUT2D eigenvalue weighted by Crippen LogP contribution is -2.01. The van der Waals surface area contributed by atoms with Gasteiger partial charge >= 0.3 is 0 Å². The SMILES string of the molecule is COCc1cccc(CNc2ccc(OC)c(OC)c2)c1. The van der Waals surface area contributed by atoms with Gasteiger partial charge in [0.25, 0.3) is 0 Å². The topological polar surface area (TPSA) is 39.7 Å². The maximum absolute atomic E-state index is 5.30. The van der Waals surface area contributed by atoms with Gasteiger partial charge in [-0.1, -0.05) is 24.3 Å². The van der Waals surface area contributed by atoms with Crippen LogP contribution in [0.25, 0.3) is 0 Å². The van der Waals surface area contributed by atoms with E-state index in [0.29, 0.717) is 6.61 Å². The third kappa shape index (κ3) is 4.13. The van der Waals surface area contributed by atoms with Crippen molar-refractivity contribution in [2.45, 2.75) is 13.2 Å². The minimum atomic E-state index is 0.629. The summed E-state index contributed by atoms with van der Waals surface area (Å²) in [4.78, 5) is 0. The van der Waals surface area contributed by atoms with Crippen molar-refractivity contribution in [1.29, 1.82) is 0 Å². The average Bonchev–Trinajstić information content (AvgIpc) is 2.53. The number of anilines is 1. The van der Waals surface area contributed by atoms with E-state index >= 15 is 0 Å². The number of nitrogens with one attached hydrogen (secondary N) is 1. The molecule has 0 fully saturated rings. The molecule has 1 N–H and O–H groups in total. The summed E-state index contributed by atoms with van der Waals surface area (Å²) in [6.45, 7) is 1.37. The maximum Gasteiger partial charge on any atom is 0.162 e. The summed E-state index contributed by atoms with van der Waals surface area (Å²) in [7, 11) is 4.97. The Morgan fingerprint density at radius 3 is 2.33 bits per heavy atom. The van der Waals surface area contributed by atoms with Crippen molar-refractivity contribution in [2.24, 2.45) is 0 Å². The fourth-order valence-electron chi connectivity index (χ4n) is 2.15. The van der Waals surface area contributed by atoms with E-state index in [1.807, 2.05) is 24.3 Å². The lowest BCUT2D eigenvalue weighted by atomic mass is 10.1. The van der Waals surface area contributed by atoms with Crippen LogP contribution in [0.4, 0.5) is 5.69 Å². The van der Waals surface area contributed by atoms with E-state index in [9.17, 15) is 0 Å². The smallest absolute Gasteiger partial charge is 0.162 e. The molecule has 0 saturated heterocycles. The standard InChI is InChI=1S/C17H21NO3/c1-19-12-14-6-4-5-13(9-14)11-18-15-7-8-16(20-2)17(10-15)21-3/h4-10,18H,11-12H2,1-3H3. The summed E-state index contributed by atoms with van der Waals surface area (Å²) < 4.78 is 15.7. The maximum atomic E-state index is 5.30. The number of hydrogen-bond acceptors (Lipinski definition) is 4. The Bertz CT molecular complexity index is 584. The molecule has 21 heavy (non-hydrogen) atoms. The van der Waals surface area contributed by atoms with Crippen LogP contribution < -0.4 is 14.8 Å². The fourth-order valence-corrected chi connectivity index (χ4v) is 2.15. The highest BCUT2D eigenvalue weighted by atomic mass is 16.5. The highest BCUT2D eigenvalue weighted by molar-refractivity contribution is 5.55. The summed E-state index contributed by atoms with van der Waals surface area (Å²) in [5.41, 5.74) is 3.37. The van der Waals surface area contributed by atoms with Gasteiger partial charge in [0, 0.05) is 25.4 Å². The zero-order chi connectivity index (χ0) is 15.1. The second kappa shape index (κ2) is 7.55. The van der Waals surface area contributed by atoms with Crippen LogP contribution >= 0.6 is 0 Å². The highest BCUT2D eigenvalue weighted by Crippen LogP contribution is 2.29. The minimum Gasteiger partial charge on any atom is -0.493 e. The van der Waals surface area contributed by atoms with Gasteiger partial charge in [-0.2, -0.15) is 0 Å². The molecule has 0 unspecified atom stereocenters.